The Hall–Kier alpha value is -1.91. The minimum atomic E-state index is -0.221. The summed E-state index contributed by atoms with van der Waals surface area (Å²) in [5, 5.41) is 2.90. The molecule has 0 radical (unpaired) electrons. The first kappa shape index (κ1) is 16.1. The number of amides is 1. The van der Waals surface area contributed by atoms with Crippen LogP contribution in [0, 0.1) is 5.41 Å². The molecular weight excluding hydrogens is 256 g/mol. The van der Waals surface area contributed by atoms with Crippen molar-refractivity contribution in [3.63, 3.8) is 0 Å². The van der Waals surface area contributed by atoms with E-state index in [4.69, 9.17) is 15.2 Å². The average Bonchev–Trinajstić information content (AvgIpc) is 2.45. The molecule has 112 valence electrons. The number of anilines is 1. The molecule has 0 spiro atoms. The van der Waals surface area contributed by atoms with E-state index in [1.807, 2.05) is 0 Å². The van der Waals surface area contributed by atoms with Gasteiger partial charge in [0.25, 0.3) is 5.91 Å². The van der Waals surface area contributed by atoms with Gasteiger partial charge in [0.2, 0.25) is 0 Å². The van der Waals surface area contributed by atoms with E-state index in [1.54, 1.807) is 12.1 Å². The normalized spacial score (nSPS) is 11.1. The van der Waals surface area contributed by atoms with Gasteiger partial charge in [-0.05, 0) is 17.9 Å². The van der Waals surface area contributed by atoms with Crippen LogP contribution < -0.4 is 20.5 Å². The quantitative estimate of drug-likeness (QED) is 0.785. The highest BCUT2D eigenvalue weighted by Gasteiger charge is 2.20. The van der Waals surface area contributed by atoms with Crippen LogP contribution in [-0.2, 0) is 0 Å². The van der Waals surface area contributed by atoms with Crippen LogP contribution in [0.3, 0.4) is 0 Å². The molecule has 0 saturated carbocycles. The fourth-order valence-corrected chi connectivity index (χ4v) is 1.62. The average molecular weight is 280 g/mol. The van der Waals surface area contributed by atoms with E-state index in [9.17, 15) is 4.79 Å². The Labute approximate surface area is 120 Å². The summed E-state index contributed by atoms with van der Waals surface area (Å²) < 4.78 is 10.3. The fraction of sp³-hybridized carbons (Fsp3) is 0.533. The lowest BCUT2D eigenvalue weighted by Gasteiger charge is -2.23. The van der Waals surface area contributed by atoms with Crippen LogP contribution in [0.2, 0.25) is 0 Å². The maximum atomic E-state index is 12.3. The highest BCUT2D eigenvalue weighted by molar-refractivity contribution is 6.01. The predicted octanol–water partition coefficient (Wildman–Crippen LogP) is 2.45. The molecule has 0 aromatic heterocycles. The van der Waals surface area contributed by atoms with E-state index in [-0.39, 0.29) is 11.3 Å². The number of nitrogens with one attached hydrogen (secondary N) is 1. The summed E-state index contributed by atoms with van der Waals surface area (Å²) in [5.41, 5.74) is 6.69. The number of nitrogens with two attached hydrogens (primary N) is 1. The Morgan fingerprint density at radius 2 is 1.95 bits per heavy atom. The third kappa shape index (κ3) is 3.79. The van der Waals surface area contributed by atoms with Gasteiger partial charge in [0.15, 0.2) is 0 Å². The van der Waals surface area contributed by atoms with Crippen molar-refractivity contribution in [3.05, 3.63) is 17.7 Å². The van der Waals surface area contributed by atoms with E-state index >= 15 is 0 Å². The second-order valence-electron chi connectivity index (χ2n) is 5.49. The van der Waals surface area contributed by atoms with E-state index in [0.29, 0.717) is 29.3 Å². The summed E-state index contributed by atoms with van der Waals surface area (Å²) in [6, 6.07) is 3.27. The van der Waals surface area contributed by atoms with Gasteiger partial charge in [-0.2, -0.15) is 0 Å². The predicted molar refractivity (Wildman–Crippen MR) is 80.4 cm³/mol. The number of carbonyl (C=O) groups is 1. The number of ether oxygens (including phenoxy) is 2. The number of hydrogen-bond acceptors (Lipinski definition) is 4. The van der Waals surface area contributed by atoms with Crippen molar-refractivity contribution in [2.45, 2.75) is 27.2 Å². The van der Waals surface area contributed by atoms with Gasteiger partial charge in [-0.25, -0.2) is 0 Å². The largest absolute Gasteiger partial charge is 0.497 e. The zero-order valence-corrected chi connectivity index (χ0v) is 12.9. The highest BCUT2D eigenvalue weighted by atomic mass is 16.5. The van der Waals surface area contributed by atoms with Crippen molar-refractivity contribution >= 4 is 11.6 Å². The van der Waals surface area contributed by atoms with Crippen molar-refractivity contribution in [2.24, 2.45) is 5.41 Å². The monoisotopic (exact) mass is 280 g/mol. The Kier molecular flexibility index (Phi) is 5.25. The third-order valence-corrected chi connectivity index (χ3v) is 3.50. The second-order valence-corrected chi connectivity index (χ2v) is 5.49. The van der Waals surface area contributed by atoms with Crippen LogP contribution in [0.25, 0.3) is 0 Å². The number of carbonyl (C=O) groups excluding carboxylic acids is 1. The first-order valence-electron chi connectivity index (χ1n) is 6.64. The molecule has 0 atom stereocenters. The first-order valence-corrected chi connectivity index (χ1v) is 6.64. The van der Waals surface area contributed by atoms with Gasteiger partial charge in [0, 0.05) is 12.6 Å². The molecule has 0 aliphatic rings. The van der Waals surface area contributed by atoms with Crippen molar-refractivity contribution in [3.8, 4) is 11.5 Å². The van der Waals surface area contributed by atoms with Gasteiger partial charge >= 0.3 is 0 Å². The van der Waals surface area contributed by atoms with Crippen LogP contribution in [0.4, 0.5) is 5.69 Å². The topological polar surface area (TPSA) is 73.6 Å². The second kappa shape index (κ2) is 6.50. The number of rotatable bonds is 6. The molecule has 0 heterocycles. The van der Waals surface area contributed by atoms with Crippen LogP contribution in [0.5, 0.6) is 11.5 Å². The molecular formula is C15H24N2O3. The number of hydrogen-bond donors (Lipinski definition) is 2. The number of benzene rings is 1. The molecule has 5 heteroatoms. The van der Waals surface area contributed by atoms with Gasteiger partial charge in [-0.15, -0.1) is 0 Å². The minimum Gasteiger partial charge on any atom is -0.497 e. The lowest BCUT2D eigenvalue weighted by molar-refractivity contribution is 0.0936. The molecule has 1 aromatic carbocycles. The molecule has 0 aliphatic carbocycles. The van der Waals surface area contributed by atoms with Gasteiger partial charge in [0.05, 0.1) is 25.5 Å². The van der Waals surface area contributed by atoms with E-state index in [2.05, 4.69) is 26.1 Å². The Balaban J connectivity index is 2.97. The van der Waals surface area contributed by atoms with Crippen molar-refractivity contribution < 1.29 is 14.3 Å². The summed E-state index contributed by atoms with van der Waals surface area (Å²) in [7, 11) is 3.04. The SMILES string of the molecule is CCC(C)(C)CNC(=O)c1cc(OC)cc(OC)c1N. The smallest absolute Gasteiger partial charge is 0.253 e. The maximum Gasteiger partial charge on any atom is 0.253 e. The van der Waals surface area contributed by atoms with Crippen LogP contribution in [0.1, 0.15) is 37.6 Å². The Morgan fingerprint density at radius 3 is 2.45 bits per heavy atom. The summed E-state index contributed by atoms with van der Waals surface area (Å²) in [6.45, 7) is 6.88. The molecule has 0 saturated heterocycles. The fourth-order valence-electron chi connectivity index (χ4n) is 1.62. The van der Waals surface area contributed by atoms with Gasteiger partial charge in [0.1, 0.15) is 11.5 Å². The van der Waals surface area contributed by atoms with Crippen molar-refractivity contribution in [2.75, 3.05) is 26.5 Å². The summed E-state index contributed by atoms with van der Waals surface area (Å²) >= 11 is 0. The molecule has 1 amide bonds. The summed E-state index contributed by atoms with van der Waals surface area (Å²) in [6.07, 6.45) is 0.976. The number of methoxy groups -OCH3 is 2. The molecule has 5 nitrogen and oxygen atoms in total. The number of nitrogen functional groups attached to an aromatic ring is 1. The van der Waals surface area contributed by atoms with Gasteiger partial charge < -0.3 is 20.5 Å². The lowest BCUT2D eigenvalue weighted by Crippen LogP contribution is -2.34. The third-order valence-electron chi connectivity index (χ3n) is 3.50. The molecule has 3 N–H and O–H groups in total. The molecule has 1 aromatic rings. The first-order chi connectivity index (χ1) is 9.34. The van der Waals surface area contributed by atoms with Crippen LogP contribution in [-0.4, -0.2) is 26.7 Å². The zero-order chi connectivity index (χ0) is 15.3. The van der Waals surface area contributed by atoms with E-state index in [0.717, 1.165) is 6.42 Å². The van der Waals surface area contributed by atoms with E-state index in [1.165, 1.54) is 14.2 Å². The van der Waals surface area contributed by atoms with Crippen LogP contribution in [0.15, 0.2) is 12.1 Å². The lowest BCUT2D eigenvalue weighted by atomic mass is 9.90. The van der Waals surface area contributed by atoms with Gasteiger partial charge in [-0.3, -0.25) is 4.79 Å². The standard InChI is InChI=1S/C15H24N2O3/c1-6-15(2,3)9-17-14(18)11-7-10(19-4)8-12(20-5)13(11)16/h7-8H,6,9,16H2,1-5H3,(H,17,18). The molecule has 1 rings (SSSR count). The van der Waals surface area contributed by atoms with E-state index < -0.39 is 0 Å². The Morgan fingerprint density at radius 1 is 1.30 bits per heavy atom. The van der Waals surface area contributed by atoms with Crippen LogP contribution >= 0.6 is 0 Å². The summed E-state index contributed by atoms with van der Waals surface area (Å²) in [4.78, 5) is 12.3. The molecule has 0 bridgehead atoms. The maximum absolute atomic E-state index is 12.3. The Bertz CT molecular complexity index is 484. The minimum absolute atomic E-state index is 0.0490. The van der Waals surface area contributed by atoms with Gasteiger partial charge in [-0.1, -0.05) is 20.8 Å². The zero-order valence-electron chi connectivity index (χ0n) is 12.9. The van der Waals surface area contributed by atoms with Crippen molar-refractivity contribution in [1.29, 1.82) is 0 Å². The molecule has 0 unspecified atom stereocenters. The van der Waals surface area contributed by atoms with Crippen molar-refractivity contribution in [1.82, 2.24) is 5.32 Å². The molecule has 20 heavy (non-hydrogen) atoms. The molecule has 0 fully saturated rings. The highest BCUT2D eigenvalue weighted by Crippen LogP contribution is 2.31. The summed E-state index contributed by atoms with van der Waals surface area (Å²) in [5.74, 6) is 0.751. The molecule has 0 aliphatic heterocycles.